The fourth-order valence-electron chi connectivity index (χ4n) is 1.53. The summed E-state index contributed by atoms with van der Waals surface area (Å²) in [5.74, 6) is 3.80. The van der Waals surface area contributed by atoms with Crippen LogP contribution in [0.1, 0.15) is 17.9 Å². The molecule has 0 radical (unpaired) electrons. The lowest BCUT2D eigenvalue weighted by Crippen LogP contribution is -2.01. The summed E-state index contributed by atoms with van der Waals surface area (Å²) < 4.78 is 5.27. The minimum absolute atomic E-state index is 0. The summed E-state index contributed by atoms with van der Waals surface area (Å²) >= 11 is 0. The number of nitrogens with two attached hydrogens (primary N) is 1. The molecule has 0 bridgehead atoms. The Hall–Kier alpha value is -1.17. The zero-order chi connectivity index (χ0) is 9.97. The zero-order valence-corrected chi connectivity index (χ0v) is 9.17. The molecule has 0 heterocycles. The van der Waals surface area contributed by atoms with Gasteiger partial charge >= 0.3 is 0 Å². The third-order valence-corrected chi connectivity index (χ3v) is 2.47. The van der Waals surface area contributed by atoms with Crippen LogP contribution in [0.2, 0.25) is 0 Å². The Bertz CT molecular complexity index is 355. The third-order valence-electron chi connectivity index (χ3n) is 2.47. The predicted octanol–water partition coefficient (Wildman–Crippen LogP) is 1.94. The SMILES string of the molecule is C#CCOc1ccc([C@@H]2C[C@H]2N)cc1.Cl. The van der Waals surface area contributed by atoms with Gasteiger partial charge in [0, 0.05) is 12.0 Å². The first-order valence-corrected chi connectivity index (χ1v) is 4.73. The van der Waals surface area contributed by atoms with Crippen LogP contribution in [-0.4, -0.2) is 12.6 Å². The van der Waals surface area contributed by atoms with Crippen molar-refractivity contribution in [3.8, 4) is 18.1 Å². The van der Waals surface area contributed by atoms with Crippen LogP contribution >= 0.6 is 12.4 Å². The van der Waals surface area contributed by atoms with Crippen LogP contribution in [0, 0.1) is 12.3 Å². The highest BCUT2D eigenvalue weighted by Gasteiger charge is 2.34. The topological polar surface area (TPSA) is 35.2 Å². The van der Waals surface area contributed by atoms with Gasteiger partial charge in [-0.15, -0.1) is 18.8 Å². The summed E-state index contributed by atoms with van der Waals surface area (Å²) in [7, 11) is 0. The molecular weight excluding hydrogens is 210 g/mol. The van der Waals surface area contributed by atoms with E-state index in [2.05, 4.69) is 18.1 Å². The normalized spacial score (nSPS) is 22.4. The molecule has 0 unspecified atom stereocenters. The Morgan fingerprint density at radius 2 is 2.00 bits per heavy atom. The molecule has 2 N–H and O–H groups in total. The molecule has 2 atom stereocenters. The number of benzene rings is 1. The van der Waals surface area contributed by atoms with Crippen LogP contribution in [0.4, 0.5) is 0 Å². The minimum atomic E-state index is 0. The molecule has 1 aliphatic carbocycles. The summed E-state index contributed by atoms with van der Waals surface area (Å²) in [5.41, 5.74) is 7.06. The largest absolute Gasteiger partial charge is 0.481 e. The highest BCUT2D eigenvalue weighted by atomic mass is 35.5. The molecule has 15 heavy (non-hydrogen) atoms. The maximum Gasteiger partial charge on any atom is 0.148 e. The van der Waals surface area contributed by atoms with Gasteiger partial charge < -0.3 is 10.5 Å². The van der Waals surface area contributed by atoms with Crippen molar-refractivity contribution < 1.29 is 4.74 Å². The van der Waals surface area contributed by atoms with Crippen LogP contribution in [0.5, 0.6) is 5.75 Å². The molecule has 1 fully saturated rings. The number of rotatable bonds is 3. The lowest BCUT2D eigenvalue weighted by molar-refractivity contribution is 0.370. The standard InChI is InChI=1S/C12H13NO.ClH/c1-2-7-14-10-5-3-9(4-6-10)11-8-12(11)13;/h1,3-6,11-12H,7-8,13H2;1H/t11-,12+;/m0./s1. The van der Waals surface area contributed by atoms with Crippen molar-refractivity contribution in [1.29, 1.82) is 0 Å². The fraction of sp³-hybridized carbons (Fsp3) is 0.333. The Kier molecular flexibility index (Phi) is 4.02. The molecule has 1 aromatic carbocycles. The van der Waals surface area contributed by atoms with E-state index >= 15 is 0 Å². The Labute approximate surface area is 96.2 Å². The smallest absolute Gasteiger partial charge is 0.148 e. The third kappa shape index (κ3) is 2.89. The molecule has 1 aliphatic rings. The summed E-state index contributed by atoms with van der Waals surface area (Å²) in [4.78, 5) is 0. The van der Waals surface area contributed by atoms with Crippen LogP contribution in [-0.2, 0) is 0 Å². The zero-order valence-electron chi connectivity index (χ0n) is 8.35. The van der Waals surface area contributed by atoms with Crippen molar-refractivity contribution in [3.63, 3.8) is 0 Å². The fourth-order valence-corrected chi connectivity index (χ4v) is 1.53. The molecule has 0 amide bonds. The number of hydrogen-bond donors (Lipinski definition) is 1. The summed E-state index contributed by atoms with van der Waals surface area (Å²) in [6.45, 7) is 0.322. The van der Waals surface area contributed by atoms with E-state index in [0.29, 0.717) is 18.6 Å². The molecule has 0 aliphatic heterocycles. The van der Waals surface area contributed by atoms with Crippen molar-refractivity contribution in [2.24, 2.45) is 5.73 Å². The molecule has 2 nitrogen and oxygen atoms in total. The summed E-state index contributed by atoms with van der Waals surface area (Å²) in [6, 6.07) is 8.36. The molecule has 80 valence electrons. The quantitative estimate of drug-likeness (QED) is 0.795. The van der Waals surface area contributed by atoms with Gasteiger partial charge in [0.25, 0.3) is 0 Å². The van der Waals surface area contributed by atoms with Gasteiger partial charge in [0.05, 0.1) is 0 Å². The Morgan fingerprint density at radius 1 is 1.40 bits per heavy atom. The van der Waals surface area contributed by atoms with Gasteiger partial charge in [-0.05, 0) is 24.1 Å². The molecule has 0 spiro atoms. The van der Waals surface area contributed by atoms with E-state index in [1.54, 1.807) is 0 Å². The maximum atomic E-state index is 5.76. The van der Waals surface area contributed by atoms with Gasteiger partial charge in [0.2, 0.25) is 0 Å². The van der Waals surface area contributed by atoms with Gasteiger partial charge in [0.1, 0.15) is 12.4 Å². The van der Waals surface area contributed by atoms with Crippen molar-refractivity contribution in [3.05, 3.63) is 29.8 Å². The number of halogens is 1. The van der Waals surface area contributed by atoms with Crippen molar-refractivity contribution in [1.82, 2.24) is 0 Å². The summed E-state index contributed by atoms with van der Waals surface area (Å²) in [6.07, 6.45) is 6.19. The lowest BCUT2D eigenvalue weighted by Gasteiger charge is -2.03. The molecule has 0 aromatic heterocycles. The predicted molar refractivity (Wildman–Crippen MR) is 63.4 cm³/mol. The average Bonchev–Trinajstić information content (AvgIpc) is 2.93. The highest BCUT2D eigenvalue weighted by Crippen LogP contribution is 2.39. The van der Waals surface area contributed by atoms with Gasteiger partial charge in [-0.25, -0.2) is 0 Å². The average molecular weight is 224 g/mol. The second-order valence-electron chi connectivity index (χ2n) is 3.57. The van der Waals surface area contributed by atoms with Gasteiger partial charge in [0.15, 0.2) is 0 Å². The van der Waals surface area contributed by atoms with E-state index in [9.17, 15) is 0 Å². The van der Waals surface area contributed by atoms with E-state index < -0.39 is 0 Å². The van der Waals surface area contributed by atoms with Gasteiger partial charge in [-0.1, -0.05) is 18.1 Å². The second kappa shape index (κ2) is 5.06. The molecular formula is C12H14ClNO. The van der Waals surface area contributed by atoms with Crippen LogP contribution in [0.3, 0.4) is 0 Å². The van der Waals surface area contributed by atoms with E-state index in [4.69, 9.17) is 16.9 Å². The second-order valence-corrected chi connectivity index (χ2v) is 3.57. The van der Waals surface area contributed by atoms with Crippen molar-refractivity contribution in [2.45, 2.75) is 18.4 Å². The number of terminal acetylenes is 1. The van der Waals surface area contributed by atoms with Crippen LogP contribution in [0.15, 0.2) is 24.3 Å². The van der Waals surface area contributed by atoms with E-state index in [1.807, 2.05) is 12.1 Å². The highest BCUT2D eigenvalue weighted by molar-refractivity contribution is 5.85. The number of hydrogen-bond acceptors (Lipinski definition) is 2. The van der Waals surface area contributed by atoms with Crippen LogP contribution in [0.25, 0.3) is 0 Å². The minimum Gasteiger partial charge on any atom is -0.481 e. The lowest BCUT2D eigenvalue weighted by atomic mass is 10.1. The summed E-state index contributed by atoms with van der Waals surface area (Å²) in [5, 5.41) is 0. The number of ether oxygens (including phenoxy) is 1. The molecule has 0 saturated heterocycles. The Morgan fingerprint density at radius 3 is 2.47 bits per heavy atom. The van der Waals surface area contributed by atoms with E-state index in [1.165, 1.54) is 5.56 Å². The molecule has 3 heteroatoms. The maximum absolute atomic E-state index is 5.76. The Balaban J connectivity index is 0.00000112. The first kappa shape index (κ1) is 11.9. The molecule has 1 saturated carbocycles. The van der Waals surface area contributed by atoms with Gasteiger partial charge in [-0.2, -0.15) is 0 Å². The first-order chi connectivity index (χ1) is 6.81. The van der Waals surface area contributed by atoms with Gasteiger partial charge in [-0.3, -0.25) is 0 Å². The molecule has 2 rings (SSSR count). The van der Waals surface area contributed by atoms with E-state index in [0.717, 1.165) is 12.2 Å². The van der Waals surface area contributed by atoms with Crippen LogP contribution < -0.4 is 10.5 Å². The van der Waals surface area contributed by atoms with E-state index in [-0.39, 0.29) is 12.4 Å². The monoisotopic (exact) mass is 223 g/mol. The molecule has 1 aromatic rings. The van der Waals surface area contributed by atoms with Crippen molar-refractivity contribution >= 4 is 12.4 Å². The van der Waals surface area contributed by atoms with Crippen molar-refractivity contribution in [2.75, 3.05) is 6.61 Å². The first-order valence-electron chi connectivity index (χ1n) is 4.73.